The number of hydrogen-bond acceptors (Lipinski definition) is 4. The van der Waals surface area contributed by atoms with Crippen LogP contribution in [0.4, 0.5) is 0 Å². The fraction of sp³-hybridized carbons (Fsp3) is 0.389. The van der Waals surface area contributed by atoms with Crippen LogP contribution in [0.15, 0.2) is 56.9 Å². The Morgan fingerprint density at radius 3 is 2.61 bits per heavy atom. The lowest BCUT2D eigenvalue weighted by Gasteiger charge is -2.44. The van der Waals surface area contributed by atoms with Crippen molar-refractivity contribution in [3.8, 4) is 0 Å². The lowest BCUT2D eigenvalue weighted by Crippen LogP contribution is -2.57. The van der Waals surface area contributed by atoms with Crippen LogP contribution in [0.25, 0.3) is 0 Å². The van der Waals surface area contributed by atoms with Crippen LogP contribution in [-0.2, 0) is 0 Å². The van der Waals surface area contributed by atoms with Crippen LogP contribution in [0.5, 0.6) is 0 Å². The van der Waals surface area contributed by atoms with Crippen molar-refractivity contribution < 1.29 is 9.21 Å². The third kappa shape index (κ3) is 3.31. The van der Waals surface area contributed by atoms with Crippen LogP contribution < -0.4 is 5.32 Å². The number of carbonyl (C=O) groups excluding carboxylic acids is 1. The Hall–Kier alpha value is -1.72. The van der Waals surface area contributed by atoms with Gasteiger partial charge in [-0.3, -0.25) is 4.79 Å². The monoisotopic (exact) mass is 328 g/mol. The van der Waals surface area contributed by atoms with E-state index in [4.69, 9.17) is 4.42 Å². The van der Waals surface area contributed by atoms with E-state index < -0.39 is 0 Å². The lowest BCUT2D eigenvalue weighted by molar-refractivity contribution is 0.0603. The van der Waals surface area contributed by atoms with Gasteiger partial charge in [0.25, 0.3) is 5.91 Å². The van der Waals surface area contributed by atoms with Gasteiger partial charge in [-0.2, -0.15) is 0 Å². The molecule has 3 fully saturated rings. The summed E-state index contributed by atoms with van der Waals surface area (Å²) in [4.78, 5) is 16.0. The number of rotatable bonds is 4. The molecule has 1 aromatic carbocycles. The van der Waals surface area contributed by atoms with Crippen molar-refractivity contribution >= 4 is 17.7 Å². The van der Waals surface area contributed by atoms with Gasteiger partial charge in [0.1, 0.15) is 0 Å². The number of furan rings is 1. The Bertz CT molecular complexity index is 677. The predicted octanol–water partition coefficient (Wildman–Crippen LogP) is 3.25. The van der Waals surface area contributed by atoms with Crippen molar-refractivity contribution in [3.05, 3.63) is 48.2 Å². The first-order valence-electron chi connectivity index (χ1n) is 8.14. The van der Waals surface area contributed by atoms with Gasteiger partial charge < -0.3 is 14.6 Å². The quantitative estimate of drug-likeness (QED) is 0.936. The van der Waals surface area contributed by atoms with E-state index in [1.807, 2.05) is 36.4 Å². The van der Waals surface area contributed by atoms with Crippen molar-refractivity contribution in [1.82, 2.24) is 10.2 Å². The molecule has 5 heteroatoms. The predicted molar refractivity (Wildman–Crippen MR) is 89.7 cm³/mol. The van der Waals surface area contributed by atoms with E-state index in [2.05, 4.69) is 10.2 Å². The van der Waals surface area contributed by atoms with Gasteiger partial charge in [0.15, 0.2) is 10.9 Å². The first-order chi connectivity index (χ1) is 11.3. The maximum Gasteiger partial charge on any atom is 0.287 e. The number of piperidine rings is 3. The average Bonchev–Trinajstić information content (AvgIpc) is 3.05. The second-order valence-electron chi connectivity index (χ2n) is 6.25. The minimum absolute atomic E-state index is 0.0938. The summed E-state index contributed by atoms with van der Waals surface area (Å²) in [6.07, 6.45) is 2.39. The number of nitrogens with one attached hydrogen (secondary N) is 1. The van der Waals surface area contributed by atoms with Gasteiger partial charge in [0.05, 0.1) is 0 Å². The molecule has 4 nitrogen and oxygen atoms in total. The molecule has 120 valence electrons. The van der Waals surface area contributed by atoms with Crippen molar-refractivity contribution in [2.75, 3.05) is 19.6 Å². The van der Waals surface area contributed by atoms with E-state index in [9.17, 15) is 4.79 Å². The molecule has 1 aromatic heterocycles. The van der Waals surface area contributed by atoms with E-state index >= 15 is 0 Å². The number of fused-ring (bicyclic) bond motifs is 3. The third-order valence-electron chi connectivity index (χ3n) is 4.74. The molecule has 1 amide bonds. The molecular formula is C18H20N2O2S. The first kappa shape index (κ1) is 14.8. The SMILES string of the molecule is O=C(N[C@H]1CN2CCC1CC2)c1ccc(Sc2ccccc2)o1. The van der Waals surface area contributed by atoms with Gasteiger partial charge in [-0.1, -0.05) is 30.0 Å². The number of carbonyl (C=O) groups is 1. The van der Waals surface area contributed by atoms with Crippen LogP contribution in [-0.4, -0.2) is 36.5 Å². The second-order valence-corrected chi connectivity index (χ2v) is 7.33. The van der Waals surface area contributed by atoms with Crippen molar-refractivity contribution in [2.24, 2.45) is 5.92 Å². The summed E-state index contributed by atoms with van der Waals surface area (Å²) in [7, 11) is 0. The topological polar surface area (TPSA) is 45.5 Å². The molecule has 2 aromatic rings. The summed E-state index contributed by atoms with van der Waals surface area (Å²) >= 11 is 1.53. The Balaban J connectivity index is 1.39. The van der Waals surface area contributed by atoms with Crippen LogP contribution in [0.1, 0.15) is 23.4 Å². The van der Waals surface area contributed by atoms with Crippen LogP contribution in [0, 0.1) is 5.92 Å². The molecule has 3 aliphatic rings. The highest BCUT2D eigenvalue weighted by atomic mass is 32.2. The first-order valence-corrected chi connectivity index (χ1v) is 8.95. The summed E-state index contributed by atoms with van der Waals surface area (Å²) in [5.41, 5.74) is 0. The van der Waals surface area contributed by atoms with Crippen molar-refractivity contribution in [3.63, 3.8) is 0 Å². The summed E-state index contributed by atoms with van der Waals surface area (Å²) in [6, 6.07) is 13.9. The molecule has 0 unspecified atom stereocenters. The van der Waals surface area contributed by atoms with Crippen LogP contribution in [0.3, 0.4) is 0 Å². The maximum atomic E-state index is 12.4. The molecule has 0 spiro atoms. The molecule has 0 aliphatic carbocycles. The summed E-state index contributed by atoms with van der Waals surface area (Å²) < 4.78 is 5.71. The molecule has 3 aliphatic heterocycles. The Morgan fingerprint density at radius 2 is 1.91 bits per heavy atom. The summed E-state index contributed by atoms with van der Waals surface area (Å²) in [5.74, 6) is 0.931. The normalized spacial score (nSPS) is 26.2. The summed E-state index contributed by atoms with van der Waals surface area (Å²) in [5, 5.41) is 3.91. The molecule has 23 heavy (non-hydrogen) atoms. The number of amides is 1. The molecule has 0 radical (unpaired) electrons. The smallest absolute Gasteiger partial charge is 0.287 e. The molecule has 3 saturated heterocycles. The maximum absolute atomic E-state index is 12.4. The van der Waals surface area contributed by atoms with Crippen LogP contribution in [0.2, 0.25) is 0 Å². The molecular weight excluding hydrogens is 308 g/mol. The van der Waals surface area contributed by atoms with Gasteiger partial charge in [-0.15, -0.1) is 0 Å². The number of nitrogens with zero attached hydrogens (tertiary/aromatic N) is 1. The zero-order valence-corrected chi connectivity index (χ0v) is 13.7. The molecule has 5 rings (SSSR count). The van der Waals surface area contributed by atoms with Crippen LogP contribution >= 0.6 is 11.8 Å². The Kier molecular flexibility index (Phi) is 4.14. The minimum Gasteiger partial charge on any atom is -0.444 e. The Morgan fingerprint density at radius 1 is 1.13 bits per heavy atom. The zero-order valence-electron chi connectivity index (χ0n) is 12.9. The van der Waals surface area contributed by atoms with Gasteiger partial charge in [0.2, 0.25) is 0 Å². The largest absolute Gasteiger partial charge is 0.444 e. The van der Waals surface area contributed by atoms with Gasteiger partial charge in [0, 0.05) is 17.5 Å². The molecule has 2 bridgehead atoms. The third-order valence-corrected chi connectivity index (χ3v) is 5.67. The fourth-order valence-electron chi connectivity index (χ4n) is 3.47. The second kappa shape index (κ2) is 6.42. The Labute approximate surface area is 140 Å². The highest BCUT2D eigenvalue weighted by molar-refractivity contribution is 7.99. The summed E-state index contributed by atoms with van der Waals surface area (Å²) in [6.45, 7) is 3.33. The van der Waals surface area contributed by atoms with Crippen molar-refractivity contribution in [2.45, 2.75) is 28.9 Å². The number of benzene rings is 1. The molecule has 1 N–H and O–H groups in total. The van der Waals surface area contributed by atoms with Gasteiger partial charge >= 0.3 is 0 Å². The zero-order chi connectivity index (χ0) is 15.6. The lowest BCUT2D eigenvalue weighted by atomic mass is 9.84. The highest BCUT2D eigenvalue weighted by Crippen LogP contribution is 2.30. The standard InChI is InChI=1S/C18H20N2O2S/c21-18(19-15-12-20-10-8-13(15)9-11-20)16-6-7-17(22-16)23-14-4-2-1-3-5-14/h1-7,13,15H,8-12H2,(H,19,21)/t15-/m0/s1. The average molecular weight is 328 g/mol. The van der Waals surface area contributed by atoms with Gasteiger partial charge in [-0.05, 0) is 56.1 Å². The van der Waals surface area contributed by atoms with E-state index in [1.165, 1.54) is 37.7 Å². The molecule has 1 atom stereocenters. The number of hydrogen-bond donors (Lipinski definition) is 1. The molecule has 0 saturated carbocycles. The van der Waals surface area contributed by atoms with E-state index in [0.29, 0.717) is 11.7 Å². The minimum atomic E-state index is -0.0938. The fourth-order valence-corrected chi connectivity index (χ4v) is 4.26. The molecule has 4 heterocycles. The van der Waals surface area contributed by atoms with E-state index in [0.717, 1.165) is 16.5 Å². The highest BCUT2D eigenvalue weighted by Gasteiger charge is 2.35. The van der Waals surface area contributed by atoms with E-state index in [1.54, 1.807) is 6.07 Å². The van der Waals surface area contributed by atoms with Gasteiger partial charge in [-0.25, -0.2) is 0 Å². The van der Waals surface area contributed by atoms with E-state index in [-0.39, 0.29) is 11.9 Å². The van der Waals surface area contributed by atoms with Crippen molar-refractivity contribution in [1.29, 1.82) is 0 Å².